The van der Waals surface area contributed by atoms with Gasteiger partial charge in [-0.3, -0.25) is 4.79 Å². The van der Waals surface area contributed by atoms with Crippen LogP contribution < -0.4 is 11.1 Å². The molecule has 0 radical (unpaired) electrons. The summed E-state index contributed by atoms with van der Waals surface area (Å²) in [6, 6.07) is 0.275. The van der Waals surface area contributed by atoms with E-state index in [4.69, 9.17) is 10.5 Å². The second kappa shape index (κ2) is 3.87. The highest BCUT2D eigenvalue weighted by atomic mass is 16.5. The van der Waals surface area contributed by atoms with E-state index < -0.39 is 0 Å². The number of hydrogen-bond acceptors (Lipinski definition) is 4. The summed E-state index contributed by atoms with van der Waals surface area (Å²) >= 11 is 0. The van der Waals surface area contributed by atoms with Crippen molar-refractivity contribution >= 4 is 5.97 Å². The molecule has 2 rings (SSSR count). The lowest BCUT2D eigenvalue weighted by Crippen LogP contribution is -2.56. The molecule has 1 saturated heterocycles. The second-order valence-corrected chi connectivity index (χ2v) is 4.45. The van der Waals surface area contributed by atoms with Crippen molar-refractivity contribution in [1.29, 1.82) is 0 Å². The number of carbonyl (C=O) groups is 1. The van der Waals surface area contributed by atoms with E-state index in [1.807, 2.05) is 0 Å². The molecule has 80 valence electrons. The zero-order valence-electron chi connectivity index (χ0n) is 8.53. The molecule has 2 aliphatic rings. The van der Waals surface area contributed by atoms with Gasteiger partial charge in [-0.1, -0.05) is 0 Å². The van der Waals surface area contributed by atoms with E-state index in [-0.39, 0.29) is 17.9 Å². The third-order valence-corrected chi connectivity index (χ3v) is 3.61. The Morgan fingerprint density at radius 1 is 1.36 bits per heavy atom. The maximum atomic E-state index is 11.4. The minimum atomic E-state index is -0.0613. The summed E-state index contributed by atoms with van der Waals surface area (Å²) in [5.74, 6) is 0.920. The molecule has 1 aliphatic heterocycles. The molecule has 3 N–H and O–H groups in total. The van der Waals surface area contributed by atoms with Gasteiger partial charge in [-0.25, -0.2) is 0 Å². The predicted molar refractivity (Wildman–Crippen MR) is 52.6 cm³/mol. The summed E-state index contributed by atoms with van der Waals surface area (Å²) in [4.78, 5) is 11.4. The van der Waals surface area contributed by atoms with Crippen molar-refractivity contribution in [3.8, 4) is 0 Å². The van der Waals surface area contributed by atoms with Gasteiger partial charge in [0.15, 0.2) is 0 Å². The van der Waals surface area contributed by atoms with Crippen molar-refractivity contribution in [3.63, 3.8) is 0 Å². The molecule has 1 heterocycles. The van der Waals surface area contributed by atoms with Crippen LogP contribution >= 0.6 is 0 Å². The van der Waals surface area contributed by atoms with Gasteiger partial charge in [-0.15, -0.1) is 0 Å². The number of hydrogen-bond donors (Lipinski definition) is 2. The van der Waals surface area contributed by atoms with Gasteiger partial charge in [0.2, 0.25) is 0 Å². The monoisotopic (exact) mass is 198 g/mol. The van der Waals surface area contributed by atoms with Gasteiger partial charge in [-0.05, 0) is 37.8 Å². The molecule has 14 heavy (non-hydrogen) atoms. The Morgan fingerprint density at radius 2 is 1.93 bits per heavy atom. The highest BCUT2D eigenvalue weighted by Crippen LogP contribution is 2.34. The summed E-state index contributed by atoms with van der Waals surface area (Å²) in [5, 5.41) is 3.36. The Morgan fingerprint density at radius 3 is 2.43 bits per heavy atom. The fourth-order valence-electron chi connectivity index (χ4n) is 2.78. The fraction of sp³-hybridized carbons (Fsp3) is 0.900. The van der Waals surface area contributed by atoms with Crippen LogP contribution in [0.25, 0.3) is 0 Å². The first-order valence-electron chi connectivity index (χ1n) is 5.26. The molecular weight excluding hydrogens is 180 g/mol. The van der Waals surface area contributed by atoms with Crippen molar-refractivity contribution < 1.29 is 9.53 Å². The molecule has 2 atom stereocenters. The SMILES string of the molecule is COC(=O)C1CC2CNCC(C1)C2N. The number of fused-ring (bicyclic) bond motifs is 2. The standard InChI is InChI=1S/C10H18N2O2/c1-14-10(13)6-2-7-4-12-5-8(3-6)9(7)11/h6-9,12H,2-5,11H2,1H3. The smallest absolute Gasteiger partial charge is 0.308 e. The lowest BCUT2D eigenvalue weighted by atomic mass is 9.70. The van der Waals surface area contributed by atoms with Gasteiger partial charge in [0.1, 0.15) is 0 Å². The van der Waals surface area contributed by atoms with Gasteiger partial charge < -0.3 is 15.8 Å². The van der Waals surface area contributed by atoms with E-state index in [9.17, 15) is 4.79 Å². The Bertz CT molecular complexity index is 218. The molecule has 0 aromatic carbocycles. The molecular formula is C10H18N2O2. The quantitative estimate of drug-likeness (QED) is 0.569. The van der Waals surface area contributed by atoms with Gasteiger partial charge in [0.05, 0.1) is 13.0 Å². The Labute approximate surface area is 84.2 Å². The normalized spacial score (nSPS) is 41.9. The Kier molecular flexibility index (Phi) is 2.74. The van der Waals surface area contributed by atoms with Crippen molar-refractivity contribution in [3.05, 3.63) is 0 Å². The maximum Gasteiger partial charge on any atom is 0.308 e. The summed E-state index contributed by atoms with van der Waals surface area (Å²) in [7, 11) is 1.46. The van der Waals surface area contributed by atoms with Crippen LogP contribution in [-0.4, -0.2) is 32.2 Å². The third kappa shape index (κ3) is 1.64. The molecule has 1 saturated carbocycles. The molecule has 4 heteroatoms. The van der Waals surface area contributed by atoms with Gasteiger partial charge in [0, 0.05) is 6.04 Å². The topological polar surface area (TPSA) is 64.3 Å². The van der Waals surface area contributed by atoms with Crippen LogP contribution in [0.2, 0.25) is 0 Å². The van der Waals surface area contributed by atoms with Crippen molar-refractivity contribution in [2.75, 3.05) is 20.2 Å². The molecule has 4 nitrogen and oxygen atoms in total. The summed E-state index contributed by atoms with van der Waals surface area (Å²) in [5.41, 5.74) is 6.10. The highest BCUT2D eigenvalue weighted by Gasteiger charge is 2.40. The number of esters is 1. The first-order chi connectivity index (χ1) is 6.72. The van der Waals surface area contributed by atoms with Crippen LogP contribution in [0.5, 0.6) is 0 Å². The second-order valence-electron chi connectivity index (χ2n) is 4.45. The number of rotatable bonds is 1. The predicted octanol–water partition coefficient (Wildman–Crippen LogP) is -0.268. The first-order valence-corrected chi connectivity index (χ1v) is 5.26. The Balaban J connectivity index is 2.03. The van der Waals surface area contributed by atoms with Crippen LogP contribution in [0.1, 0.15) is 12.8 Å². The van der Waals surface area contributed by atoms with E-state index in [2.05, 4.69) is 5.32 Å². The number of ether oxygens (including phenoxy) is 1. The summed E-state index contributed by atoms with van der Waals surface area (Å²) in [6.45, 7) is 1.90. The molecule has 1 aliphatic carbocycles. The van der Waals surface area contributed by atoms with E-state index in [0.29, 0.717) is 11.8 Å². The number of carbonyl (C=O) groups excluding carboxylic acids is 1. The zero-order valence-corrected chi connectivity index (χ0v) is 8.53. The van der Waals surface area contributed by atoms with E-state index in [1.165, 1.54) is 7.11 Å². The average Bonchev–Trinajstić information content (AvgIpc) is 2.16. The molecule has 0 amide bonds. The van der Waals surface area contributed by atoms with Crippen molar-refractivity contribution in [2.24, 2.45) is 23.5 Å². The van der Waals surface area contributed by atoms with Gasteiger partial charge in [-0.2, -0.15) is 0 Å². The molecule has 0 spiro atoms. The van der Waals surface area contributed by atoms with Crippen molar-refractivity contribution in [2.45, 2.75) is 18.9 Å². The first kappa shape index (κ1) is 9.93. The number of methoxy groups -OCH3 is 1. The maximum absolute atomic E-state index is 11.4. The van der Waals surface area contributed by atoms with Crippen LogP contribution in [0.3, 0.4) is 0 Å². The third-order valence-electron chi connectivity index (χ3n) is 3.61. The molecule has 2 unspecified atom stereocenters. The molecule has 2 fully saturated rings. The van der Waals surface area contributed by atoms with Crippen LogP contribution in [-0.2, 0) is 9.53 Å². The number of piperidine rings is 1. The lowest BCUT2D eigenvalue weighted by molar-refractivity contribution is -0.148. The average molecular weight is 198 g/mol. The summed E-state index contributed by atoms with van der Waals surface area (Å²) in [6.07, 6.45) is 1.77. The zero-order chi connectivity index (χ0) is 10.1. The molecule has 0 aromatic rings. The van der Waals surface area contributed by atoms with E-state index >= 15 is 0 Å². The van der Waals surface area contributed by atoms with E-state index in [1.54, 1.807) is 0 Å². The number of nitrogens with two attached hydrogens (primary N) is 1. The molecule has 2 bridgehead atoms. The minimum Gasteiger partial charge on any atom is -0.469 e. The minimum absolute atomic E-state index is 0.0613. The van der Waals surface area contributed by atoms with Gasteiger partial charge >= 0.3 is 5.97 Å². The Hall–Kier alpha value is -0.610. The van der Waals surface area contributed by atoms with E-state index in [0.717, 1.165) is 25.9 Å². The van der Waals surface area contributed by atoms with Gasteiger partial charge in [0.25, 0.3) is 0 Å². The molecule has 0 aromatic heterocycles. The van der Waals surface area contributed by atoms with Crippen molar-refractivity contribution in [1.82, 2.24) is 5.32 Å². The number of nitrogens with one attached hydrogen (secondary N) is 1. The highest BCUT2D eigenvalue weighted by molar-refractivity contribution is 5.72. The largest absolute Gasteiger partial charge is 0.469 e. The van der Waals surface area contributed by atoms with Crippen LogP contribution in [0.15, 0.2) is 0 Å². The fourth-order valence-corrected chi connectivity index (χ4v) is 2.78. The lowest BCUT2D eigenvalue weighted by Gasteiger charge is -2.43. The summed E-state index contributed by atoms with van der Waals surface area (Å²) < 4.78 is 4.79. The van der Waals surface area contributed by atoms with Crippen LogP contribution in [0.4, 0.5) is 0 Å². The van der Waals surface area contributed by atoms with Crippen LogP contribution in [0, 0.1) is 17.8 Å².